The second-order valence-corrected chi connectivity index (χ2v) is 1.98. The average molecular weight is 123 g/mol. The zero-order valence-electron chi connectivity index (χ0n) is 5.04. The van der Waals surface area contributed by atoms with Gasteiger partial charge < -0.3 is 10.8 Å². The number of aliphatic hydroxyl groups excluding tert-OH is 1. The minimum Gasteiger partial charge on any atom is -0.398 e. The second kappa shape index (κ2) is 2.07. The standard InChI is InChI=1S/C7H9NO/c1-5-6(8)3-2-4-7(5)9/h2-4,7,9H,1,8H2. The lowest BCUT2D eigenvalue weighted by molar-refractivity contribution is 0.260. The molecule has 0 aromatic heterocycles. The lowest BCUT2D eigenvalue weighted by Gasteiger charge is -2.12. The molecule has 0 aromatic carbocycles. The molecular weight excluding hydrogens is 114 g/mol. The monoisotopic (exact) mass is 123 g/mol. The quantitative estimate of drug-likeness (QED) is 0.487. The van der Waals surface area contributed by atoms with E-state index in [2.05, 4.69) is 6.58 Å². The summed E-state index contributed by atoms with van der Waals surface area (Å²) >= 11 is 0. The molecule has 1 unspecified atom stereocenters. The van der Waals surface area contributed by atoms with Crippen molar-refractivity contribution in [3.05, 3.63) is 36.1 Å². The number of allylic oxidation sites excluding steroid dienone is 2. The largest absolute Gasteiger partial charge is 0.398 e. The smallest absolute Gasteiger partial charge is 0.0988 e. The molecule has 1 rings (SSSR count). The fourth-order valence-electron chi connectivity index (χ4n) is 0.658. The van der Waals surface area contributed by atoms with Gasteiger partial charge >= 0.3 is 0 Å². The molecular formula is C7H9NO. The highest BCUT2D eigenvalue weighted by Gasteiger charge is 2.08. The van der Waals surface area contributed by atoms with Crippen LogP contribution in [0.2, 0.25) is 0 Å². The van der Waals surface area contributed by atoms with Gasteiger partial charge in [0.2, 0.25) is 0 Å². The molecule has 0 fully saturated rings. The Bertz CT molecular complexity index is 191. The SMILES string of the molecule is C=C1C(N)=CC=CC1O. The van der Waals surface area contributed by atoms with Crippen molar-refractivity contribution in [2.24, 2.45) is 5.73 Å². The van der Waals surface area contributed by atoms with Crippen molar-refractivity contribution in [3.63, 3.8) is 0 Å². The maximum absolute atomic E-state index is 9.04. The molecule has 1 aliphatic carbocycles. The van der Waals surface area contributed by atoms with Crippen molar-refractivity contribution < 1.29 is 5.11 Å². The molecule has 0 amide bonds. The van der Waals surface area contributed by atoms with E-state index in [1.54, 1.807) is 18.2 Å². The summed E-state index contributed by atoms with van der Waals surface area (Å²) in [6.07, 6.45) is 4.48. The molecule has 9 heavy (non-hydrogen) atoms. The number of hydrogen-bond acceptors (Lipinski definition) is 2. The van der Waals surface area contributed by atoms with Crippen molar-refractivity contribution in [3.8, 4) is 0 Å². The summed E-state index contributed by atoms with van der Waals surface area (Å²) in [5.74, 6) is 0. The number of rotatable bonds is 0. The molecule has 2 heteroatoms. The maximum Gasteiger partial charge on any atom is 0.0988 e. The summed E-state index contributed by atoms with van der Waals surface area (Å²) in [6, 6.07) is 0. The van der Waals surface area contributed by atoms with Crippen molar-refractivity contribution in [1.82, 2.24) is 0 Å². The van der Waals surface area contributed by atoms with Crippen LogP contribution in [-0.2, 0) is 0 Å². The molecule has 3 N–H and O–H groups in total. The summed E-state index contributed by atoms with van der Waals surface area (Å²) in [4.78, 5) is 0. The fraction of sp³-hybridized carbons (Fsp3) is 0.143. The van der Waals surface area contributed by atoms with Crippen LogP contribution >= 0.6 is 0 Å². The molecule has 2 nitrogen and oxygen atoms in total. The number of aliphatic hydroxyl groups is 1. The minimum absolute atomic E-state index is 0.560. The molecule has 48 valence electrons. The molecule has 0 bridgehead atoms. The van der Waals surface area contributed by atoms with Gasteiger partial charge in [-0.1, -0.05) is 18.7 Å². The number of nitrogens with two attached hydrogens (primary N) is 1. The van der Waals surface area contributed by atoms with Crippen LogP contribution in [0, 0.1) is 0 Å². The van der Waals surface area contributed by atoms with E-state index < -0.39 is 6.10 Å². The normalized spacial score (nSPS) is 26.1. The van der Waals surface area contributed by atoms with E-state index in [-0.39, 0.29) is 0 Å². The summed E-state index contributed by atoms with van der Waals surface area (Å²) in [5.41, 5.74) is 6.56. The predicted molar refractivity (Wildman–Crippen MR) is 36.6 cm³/mol. The Kier molecular flexibility index (Phi) is 1.40. The zero-order valence-corrected chi connectivity index (χ0v) is 5.04. The van der Waals surface area contributed by atoms with Gasteiger partial charge in [-0.15, -0.1) is 0 Å². The molecule has 0 saturated carbocycles. The van der Waals surface area contributed by atoms with E-state index >= 15 is 0 Å². The van der Waals surface area contributed by atoms with Crippen molar-refractivity contribution >= 4 is 0 Å². The van der Waals surface area contributed by atoms with Crippen molar-refractivity contribution in [1.29, 1.82) is 0 Å². The lowest BCUT2D eigenvalue weighted by Crippen LogP contribution is -2.15. The van der Waals surface area contributed by atoms with Crippen molar-refractivity contribution in [2.45, 2.75) is 6.10 Å². The van der Waals surface area contributed by atoms with Crippen molar-refractivity contribution in [2.75, 3.05) is 0 Å². The molecule has 0 saturated heterocycles. The summed E-state index contributed by atoms with van der Waals surface area (Å²) in [5, 5.41) is 9.04. The Morgan fingerprint density at radius 2 is 2.33 bits per heavy atom. The predicted octanol–water partition coefficient (Wildman–Crippen LogP) is 0.316. The highest BCUT2D eigenvalue weighted by Crippen LogP contribution is 2.12. The summed E-state index contributed by atoms with van der Waals surface area (Å²) in [7, 11) is 0. The Balaban J connectivity index is 2.86. The van der Waals surface area contributed by atoms with Gasteiger partial charge in [0.25, 0.3) is 0 Å². The molecule has 1 atom stereocenters. The van der Waals surface area contributed by atoms with Gasteiger partial charge in [0.05, 0.1) is 6.10 Å². The third-order valence-electron chi connectivity index (χ3n) is 1.30. The van der Waals surface area contributed by atoms with Gasteiger partial charge in [-0.3, -0.25) is 0 Å². The molecule has 0 aromatic rings. The first kappa shape index (κ1) is 6.11. The highest BCUT2D eigenvalue weighted by atomic mass is 16.3. The van der Waals surface area contributed by atoms with Gasteiger partial charge in [0.15, 0.2) is 0 Å². The van der Waals surface area contributed by atoms with Crippen LogP contribution in [0.25, 0.3) is 0 Å². The average Bonchev–Trinajstić information content (AvgIpc) is 1.83. The highest BCUT2D eigenvalue weighted by molar-refractivity contribution is 5.38. The van der Waals surface area contributed by atoms with Crippen LogP contribution in [0.15, 0.2) is 36.1 Å². The summed E-state index contributed by atoms with van der Waals surface area (Å²) < 4.78 is 0. The van der Waals surface area contributed by atoms with Gasteiger partial charge in [-0.2, -0.15) is 0 Å². The molecule has 1 aliphatic rings. The first-order chi connectivity index (χ1) is 4.22. The van der Waals surface area contributed by atoms with Gasteiger partial charge in [-0.05, 0) is 6.08 Å². The van der Waals surface area contributed by atoms with Crippen LogP contribution in [0.1, 0.15) is 0 Å². The first-order valence-electron chi connectivity index (χ1n) is 2.73. The first-order valence-corrected chi connectivity index (χ1v) is 2.73. The van der Waals surface area contributed by atoms with Crippen LogP contribution in [0.5, 0.6) is 0 Å². The lowest BCUT2D eigenvalue weighted by atomic mass is 10.0. The van der Waals surface area contributed by atoms with E-state index in [0.29, 0.717) is 11.3 Å². The van der Waals surface area contributed by atoms with Crippen LogP contribution < -0.4 is 5.73 Å². The van der Waals surface area contributed by atoms with Crippen LogP contribution in [0.4, 0.5) is 0 Å². The Hall–Kier alpha value is -1.02. The molecule has 0 radical (unpaired) electrons. The Labute approximate surface area is 54.0 Å². The van der Waals surface area contributed by atoms with Crippen LogP contribution in [-0.4, -0.2) is 11.2 Å². The van der Waals surface area contributed by atoms with E-state index in [9.17, 15) is 0 Å². The van der Waals surface area contributed by atoms with Gasteiger partial charge in [-0.25, -0.2) is 0 Å². The zero-order chi connectivity index (χ0) is 6.85. The van der Waals surface area contributed by atoms with E-state index in [0.717, 1.165) is 0 Å². The van der Waals surface area contributed by atoms with E-state index in [1.807, 2.05) is 0 Å². The van der Waals surface area contributed by atoms with Gasteiger partial charge in [0.1, 0.15) is 0 Å². The Morgan fingerprint density at radius 1 is 1.67 bits per heavy atom. The molecule has 0 aliphatic heterocycles. The van der Waals surface area contributed by atoms with E-state index in [4.69, 9.17) is 10.8 Å². The van der Waals surface area contributed by atoms with Crippen LogP contribution in [0.3, 0.4) is 0 Å². The third-order valence-corrected chi connectivity index (χ3v) is 1.30. The number of hydrogen-bond donors (Lipinski definition) is 2. The Morgan fingerprint density at radius 3 is 2.78 bits per heavy atom. The second-order valence-electron chi connectivity index (χ2n) is 1.98. The molecule has 0 heterocycles. The topological polar surface area (TPSA) is 46.2 Å². The fourth-order valence-corrected chi connectivity index (χ4v) is 0.658. The summed E-state index contributed by atoms with van der Waals surface area (Å²) in [6.45, 7) is 3.58. The third kappa shape index (κ3) is 1.03. The molecule has 0 spiro atoms. The minimum atomic E-state index is -0.588. The van der Waals surface area contributed by atoms with E-state index in [1.165, 1.54) is 0 Å². The van der Waals surface area contributed by atoms with Gasteiger partial charge in [0, 0.05) is 11.3 Å². The maximum atomic E-state index is 9.04.